The summed E-state index contributed by atoms with van der Waals surface area (Å²) in [7, 11) is 0. The highest BCUT2D eigenvalue weighted by Crippen LogP contribution is 2.28. The molecule has 2 saturated heterocycles. The minimum Gasteiger partial charge on any atom is -0.367 e. The molecule has 3 heterocycles. The van der Waals surface area contributed by atoms with Gasteiger partial charge in [-0.15, -0.1) is 11.6 Å². The number of morpholine rings is 1. The van der Waals surface area contributed by atoms with E-state index in [-0.39, 0.29) is 6.10 Å². The predicted molar refractivity (Wildman–Crippen MR) is 64.9 cm³/mol. The minimum absolute atomic E-state index is 0.00696. The Bertz CT molecular complexity index is 401. The number of alkyl halides is 1. The molecule has 0 bridgehead atoms. The molecule has 2 aliphatic rings. The molecule has 0 saturated carbocycles. The molecule has 1 aromatic rings. The Hall–Kier alpha value is -0.710. The Balaban J connectivity index is 1.75. The molecule has 0 radical (unpaired) electrons. The Morgan fingerprint density at radius 1 is 1.53 bits per heavy atom. The maximum atomic E-state index is 5.87. The number of fused-ring (bicyclic) bond motifs is 1. The molecular formula is C12H16ClN3O. The first-order valence-electron chi connectivity index (χ1n) is 6.10. The van der Waals surface area contributed by atoms with Gasteiger partial charge in [0, 0.05) is 18.8 Å². The van der Waals surface area contributed by atoms with E-state index >= 15 is 0 Å². The van der Waals surface area contributed by atoms with Gasteiger partial charge >= 0.3 is 0 Å². The van der Waals surface area contributed by atoms with Crippen LogP contribution in [-0.4, -0.2) is 40.6 Å². The molecule has 2 aliphatic heterocycles. The topological polar surface area (TPSA) is 38.2 Å². The van der Waals surface area contributed by atoms with Crippen molar-refractivity contribution in [2.75, 3.05) is 19.7 Å². The summed E-state index contributed by atoms with van der Waals surface area (Å²) in [6.45, 7) is 2.90. The molecule has 3 rings (SSSR count). The van der Waals surface area contributed by atoms with Crippen molar-refractivity contribution >= 4 is 11.6 Å². The van der Waals surface area contributed by atoms with Gasteiger partial charge < -0.3 is 4.74 Å². The first-order valence-corrected chi connectivity index (χ1v) is 6.63. The van der Waals surface area contributed by atoms with Crippen LogP contribution in [0.15, 0.2) is 12.3 Å². The molecule has 5 heteroatoms. The first-order chi connectivity index (χ1) is 8.36. The van der Waals surface area contributed by atoms with Gasteiger partial charge in [-0.25, -0.2) is 9.97 Å². The summed E-state index contributed by atoms with van der Waals surface area (Å²) in [5.74, 6) is 1.20. The summed E-state index contributed by atoms with van der Waals surface area (Å²) in [5.41, 5.74) is 0.865. The van der Waals surface area contributed by atoms with Gasteiger partial charge in [0.05, 0.1) is 18.2 Å². The van der Waals surface area contributed by atoms with Crippen LogP contribution < -0.4 is 0 Å². The van der Waals surface area contributed by atoms with Crippen LogP contribution in [0.5, 0.6) is 0 Å². The molecule has 2 atom stereocenters. The summed E-state index contributed by atoms with van der Waals surface area (Å²) in [6, 6.07) is 2.46. The number of hydrogen-bond acceptors (Lipinski definition) is 4. The lowest BCUT2D eigenvalue weighted by Gasteiger charge is -2.34. The summed E-state index contributed by atoms with van der Waals surface area (Å²) in [5, 5.41) is 0. The zero-order valence-corrected chi connectivity index (χ0v) is 10.4. The standard InChI is InChI=1S/C12H16ClN3O/c13-6-9-3-4-14-12(15-9)11-7-16-5-1-2-10(16)8-17-11/h3-4,10-11H,1-2,5-8H2. The van der Waals surface area contributed by atoms with Crippen LogP contribution in [0, 0.1) is 0 Å². The molecule has 0 aromatic carbocycles. The van der Waals surface area contributed by atoms with E-state index in [4.69, 9.17) is 16.3 Å². The molecule has 2 fully saturated rings. The number of ether oxygens (including phenoxy) is 1. The van der Waals surface area contributed by atoms with E-state index in [2.05, 4.69) is 14.9 Å². The smallest absolute Gasteiger partial charge is 0.158 e. The first kappa shape index (κ1) is 11.4. The van der Waals surface area contributed by atoms with E-state index < -0.39 is 0 Å². The second-order valence-corrected chi connectivity index (χ2v) is 4.92. The van der Waals surface area contributed by atoms with Crippen molar-refractivity contribution in [2.24, 2.45) is 0 Å². The lowest BCUT2D eigenvalue weighted by atomic mass is 10.2. The molecule has 4 nitrogen and oxygen atoms in total. The number of aromatic nitrogens is 2. The van der Waals surface area contributed by atoms with E-state index in [9.17, 15) is 0 Å². The van der Waals surface area contributed by atoms with Crippen molar-refractivity contribution in [1.82, 2.24) is 14.9 Å². The molecular weight excluding hydrogens is 238 g/mol. The van der Waals surface area contributed by atoms with Crippen LogP contribution >= 0.6 is 11.6 Å². The lowest BCUT2D eigenvalue weighted by molar-refractivity contribution is -0.0542. The van der Waals surface area contributed by atoms with Crippen molar-refractivity contribution in [3.63, 3.8) is 0 Å². The van der Waals surface area contributed by atoms with Crippen molar-refractivity contribution in [3.05, 3.63) is 23.8 Å². The maximum absolute atomic E-state index is 5.87. The van der Waals surface area contributed by atoms with Crippen molar-refractivity contribution in [1.29, 1.82) is 0 Å². The monoisotopic (exact) mass is 253 g/mol. The average molecular weight is 254 g/mol. The van der Waals surface area contributed by atoms with E-state index in [1.807, 2.05) is 6.07 Å². The third-order valence-corrected chi connectivity index (χ3v) is 3.82. The molecule has 2 unspecified atom stereocenters. The number of nitrogens with zero attached hydrogens (tertiary/aromatic N) is 3. The van der Waals surface area contributed by atoms with Crippen LogP contribution in [0.3, 0.4) is 0 Å². The molecule has 92 valence electrons. The Labute approximate surface area is 106 Å². The normalized spacial score (nSPS) is 29.2. The van der Waals surface area contributed by atoms with E-state index in [0.717, 1.165) is 24.7 Å². The Kier molecular flexibility index (Phi) is 3.27. The highest BCUT2D eigenvalue weighted by atomic mass is 35.5. The van der Waals surface area contributed by atoms with Gasteiger partial charge in [0.25, 0.3) is 0 Å². The van der Waals surface area contributed by atoms with Gasteiger partial charge in [-0.1, -0.05) is 0 Å². The largest absolute Gasteiger partial charge is 0.367 e. The maximum Gasteiger partial charge on any atom is 0.158 e. The SMILES string of the molecule is ClCc1ccnc(C2CN3CCCC3CO2)n1. The Morgan fingerprint density at radius 2 is 2.47 bits per heavy atom. The summed E-state index contributed by atoms with van der Waals surface area (Å²) < 4.78 is 5.87. The van der Waals surface area contributed by atoms with Gasteiger partial charge in [0.1, 0.15) is 6.10 Å². The fourth-order valence-corrected chi connectivity index (χ4v) is 2.76. The van der Waals surface area contributed by atoms with Crippen LogP contribution in [0.2, 0.25) is 0 Å². The lowest BCUT2D eigenvalue weighted by Crippen LogP contribution is -2.42. The number of hydrogen-bond donors (Lipinski definition) is 0. The van der Waals surface area contributed by atoms with E-state index in [1.165, 1.54) is 19.4 Å². The van der Waals surface area contributed by atoms with E-state index in [0.29, 0.717) is 11.9 Å². The van der Waals surface area contributed by atoms with E-state index in [1.54, 1.807) is 6.20 Å². The van der Waals surface area contributed by atoms with Gasteiger partial charge in [-0.05, 0) is 25.5 Å². The molecule has 17 heavy (non-hydrogen) atoms. The van der Waals surface area contributed by atoms with Gasteiger partial charge in [0.2, 0.25) is 0 Å². The zero-order chi connectivity index (χ0) is 11.7. The van der Waals surface area contributed by atoms with Crippen LogP contribution in [-0.2, 0) is 10.6 Å². The molecule has 0 amide bonds. The third kappa shape index (κ3) is 2.30. The summed E-state index contributed by atoms with van der Waals surface area (Å²) in [4.78, 5) is 11.2. The average Bonchev–Trinajstić information content (AvgIpc) is 2.86. The molecule has 0 aliphatic carbocycles. The zero-order valence-electron chi connectivity index (χ0n) is 9.68. The second-order valence-electron chi connectivity index (χ2n) is 4.65. The van der Waals surface area contributed by atoms with Gasteiger partial charge in [-0.2, -0.15) is 0 Å². The highest BCUT2D eigenvalue weighted by Gasteiger charge is 2.33. The quantitative estimate of drug-likeness (QED) is 0.753. The summed E-state index contributed by atoms with van der Waals surface area (Å²) in [6.07, 6.45) is 4.31. The third-order valence-electron chi connectivity index (χ3n) is 3.55. The summed E-state index contributed by atoms with van der Waals surface area (Å²) >= 11 is 5.79. The number of halogens is 1. The van der Waals surface area contributed by atoms with Gasteiger partial charge in [-0.3, -0.25) is 4.90 Å². The number of rotatable bonds is 2. The van der Waals surface area contributed by atoms with Crippen LogP contribution in [0.1, 0.15) is 30.5 Å². The molecule has 0 N–H and O–H groups in total. The van der Waals surface area contributed by atoms with Crippen molar-refractivity contribution < 1.29 is 4.74 Å². The van der Waals surface area contributed by atoms with Crippen molar-refractivity contribution in [3.8, 4) is 0 Å². The Morgan fingerprint density at radius 3 is 3.35 bits per heavy atom. The molecule has 1 aromatic heterocycles. The fraction of sp³-hybridized carbons (Fsp3) is 0.667. The van der Waals surface area contributed by atoms with Crippen LogP contribution in [0.25, 0.3) is 0 Å². The fourth-order valence-electron chi connectivity index (χ4n) is 2.62. The highest BCUT2D eigenvalue weighted by molar-refractivity contribution is 6.16. The van der Waals surface area contributed by atoms with Crippen LogP contribution in [0.4, 0.5) is 0 Å². The van der Waals surface area contributed by atoms with Crippen molar-refractivity contribution in [2.45, 2.75) is 30.9 Å². The predicted octanol–water partition coefficient (Wildman–Crippen LogP) is 1.75. The molecule has 0 spiro atoms. The van der Waals surface area contributed by atoms with Gasteiger partial charge in [0.15, 0.2) is 5.82 Å². The minimum atomic E-state index is 0.00696. The second kappa shape index (κ2) is 4.88.